The highest BCUT2D eigenvalue weighted by atomic mass is 32.1. The summed E-state index contributed by atoms with van der Waals surface area (Å²) in [6, 6.07) is 17.1. The van der Waals surface area contributed by atoms with E-state index in [-0.39, 0.29) is 0 Å². The van der Waals surface area contributed by atoms with E-state index in [1.165, 1.54) is 0 Å². The predicted molar refractivity (Wildman–Crippen MR) is 87.2 cm³/mol. The molecule has 4 aromatic rings. The number of aliphatic hydroxyl groups is 1. The standard InChI is InChI=1S/C17H12N2O2S/c20-16(11-6-7-13-15(9-11)21-17(22)19-13)14-8-5-10-3-1-2-4-12(10)18-14/h1-9,16,20H,(H,19,22). The molecule has 2 aromatic carbocycles. The first kappa shape index (κ1) is 13.2. The van der Waals surface area contributed by atoms with Crippen molar-refractivity contribution < 1.29 is 9.52 Å². The summed E-state index contributed by atoms with van der Waals surface area (Å²) in [6.07, 6.45) is -0.812. The molecule has 1 atom stereocenters. The first-order valence-corrected chi connectivity index (χ1v) is 7.28. The van der Waals surface area contributed by atoms with Crippen LogP contribution in [0.5, 0.6) is 0 Å². The molecule has 0 aliphatic rings. The molecular weight excluding hydrogens is 296 g/mol. The fraction of sp³-hybridized carbons (Fsp3) is 0.0588. The van der Waals surface area contributed by atoms with Crippen LogP contribution < -0.4 is 0 Å². The number of aromatic nitrogens is 2. The van der Waals surface area contributed by atoms with Crippen LogP contribution >= 0.6 is 12.2 Å². The van der Waals surface area contributed by atoms with Crippen molar-refractivity contribution in [3.8, 4) is 0 Å². The van der Waals surface area contributed by atoms with Gasteiger partial charge in [-0.2, -0.15) is 0 Å². The van der Waals surface area contributed by atoms with Gasteiger partial charge in [0.05, 0.1) is 16.7 Å². The van der Waals surface area contributed by atoms with E-state index in [0.717, 1.165) is 16.4 Å². The van der Waals surface area contributed by atoms with Crippen molar-refractivity contribution in [1.82, 2.24) is 9.97 Å². The maximum Gasteiger partial charge on any atom is 0.266 e. The van der Waals surface area contributed by atoms with Gasteiger partial charge in [-0.05, 0) is 42.0 Å². The number of nitrogens with one attached hydrogen (secondary N) is 1. The fourth-order valence-corrected chi connectivity index (χ4v) is 2.74. The Kier molecular flexibility index (Phi) is 3.03. The van der Waals surface area contributed by atoms with Gasteiger partial charge >= 0.3 is 0 Å². The minimum atomic E-state index is -0.812. The molecule has 0 fully saturated rings. The minimum Gasteiger partial charge on any atom is -0.429 e. The van der Waals surface area contributed by atoms with Crippen LogP contribution in [0.2, 0.25) is 0 Å². The Hall–Kier alpha value is -2.50. The van der Waals surface area contributed by atoms with E-state index in [1.807, 2.05) is 48.5 Å². The minimum absolute atomic E-state index is 0.325. The van der Waals surface area contributed by atoms with E-state index in [9.17, 15) is 5.11 Å². The maximum absolute atomic E-state index is 10.6. The Morgan fingerprint density at radius 2 is 1.95 bits per heavy atom. The Morgan fingerprint density at radius 1 is 1.09 bits per heavy atom. The summed E-state index contributed by atoms with van der Waals surface area (Å²) in [5, 5.41) is 11.6. The molecule has 2 aromatic heterocycles. The van der Waals surface area contributed by atoms with Crippen molar-refractivity contribution >= 4 is 34.2 Å². The molecule has 108 valence electrons. The number of para-hydroxylation sites is 1. The SMILES string of the molecule is OC(c1ccc2[nH]c(=S)oc2c1)c1ccc2ccccc2n1. The van der Waals surface area contributed by atoms with Crippen LogP contribution in [0.4, 0.5) is 0 Å². The Bertz CT molecular complexity index is 1040. The molecule has 0 saturated carbocycles. The van der Waals surface area contributed by atoms with Gasteiger partial charge in [-0.3, -0.25) is 0 Å². The molecule has 0 saturated heterocycles. The number of pyridine rings is 1. The van der Waals surface area contributed by atoms with E-state index < -0.39 is 6.10 Å². The molecule has 2 heterocycles. The monoisotopic (exact) mass is 308 g/mol. The van der Waals surface area contributed by atoms with Crippen LogP contribution in [-0.4, -0.2) is 15.1 Å². The van der Waals surface area contributed by atoms with Gasteiger partial charge in [0.2, 0.25) is 0 Å². The van der Waals surface area contributed by atoms with E-state index in [1.54, 1.807) is 6.07 Å². The van der Waals surface area contributed by atoms with Gasteiger partial charge in [0.15, 0.2) is 5.58 Å². The molecule has 0 amide bonds. The summed E-state index contributed by atoms with van der Waals surface area (Å²) in [5.74, 6) is 0. The van der Waals surface area contributed by atoms with Gasteiger partial charge in [0.25, 0.3) is 4.84 Å². The number of rotatable bonds is 2. The summed E-state index contributed by atoms with van der Waals surface area (Å²) < 4.78 is 5.39. The summed E-state index contributed by atoms with van der Waals surface area (Å²) in [6.45, 7) is 0. The summed E-state index contributed by atoms with van der Waals surface area (Å²) >= 11 is 4.97. The van der Waals surface area contributed by atoms with Gasteiger partial charge < -0.3 is 14.5 Å². The van der Waals surface area contributed by atoms with E-state index in [0.29, 0.717) is 21.7 Å². The number of benzene rings is 2. The third-order valence-electron chi connectivity index (χ3n) is 3.66. The first-order chi connectivity index (χ1) is 10.7. The normalized spacial score (nSPS) is 12.8. The van der Waals surface area contributed by atoms with E-state index in [4.69, 9.17) is 16.6 Å². The largest absolute Gasteiger partial charge is 0.429 e. The van der Waals surface area contributed by atoms with E-state index in [2.05, 4.69) is 9.97 Å². The molecular formula is C17H12N2O2S. The van der Waals surface area contributed by atoms with Crippen LogP contribution in [0.1, 0.15) is 17.4 Å². The number of fused-ring (bicyclic) bond motifs is 2. The Morgan fingerprint density at radius 3 is 2.86 bits per heavy atom. The van der Waals surface area contributed by atoms with Crippen molar-refractivity contribution in [2.45, 2.75) is 6.10 Å². The number of hydrogen-bond acceptors (Lipinski definition) is 4. The molecule has 1 unspecified atom stereocenters. The van der Waals surface area contributed by atoms with Crippen LogP contribution in [0.25, 0.3) is 22.0 Å². The lowest BCUT2D eigenvalue weighted by molar-refractivity contribution is 0.216. The van der Waals surface area contributed by atoms with Gasteiger partial charge in [-0.25, -0.2) is 4.98 Å². The lowest BCUT2D eigenvalue weighted by atomic mass is 10.0. The highest BCUT2D eigenvalue weighted by Gasteiger charge is 2.14. The first-order valence-electron chi connectivity index (χ1n) is 6.87. The second-order valence-corrected chi connectivity index (χ2v) is 5.47. The highest BCUT2D eigenvalue weighted by Crippen LogP contribution is 2.25. The molecule has 4 rings (SSSR count). The number of aromatic amines is 1. The van der Waals surface area contributed by atoms with Crippen LogP contribution in [0.15, 0.2) is 59.0 Å². The molecule has 0 radical (unpaired) electrons. The number of H-pyrrole nitrogens is 1. The lowest BCUT2D eigenvalue weighted by Gasteiger charge is -2.11. The van der Waals surface area contributed by atoms with Gasteiger partial charge in [-0.15, -0.1) is 0 Å². The van der Waals surface area contributed by atoms with Gasteiger partial charge in [0.1, 0.15) is 6.10 Å². The lowest BCUT2D eigenvalue weighted by Crippen LogP contribution is -2.02. The van der Waals surface area contributed by atoms with Crippen molar-refractivity contribution in [2.24, 2.45) is 0 Å². The van der Waals surface area contributed by atoms with E-state index >= 15 is 0 Å². The zero-order valence-corrected chi connectivity index (χ0v) is 12.3. The molecule has 0 bridgehead atoms. The molecule has 22 heavy (non-hydrogen) atoms. The smallest absolute Gasteiger partial charge is 0.266 e. The molecule has 0 aliphatic carbocycles. The van der Waals surface area contributed by atoms with Crippen molar-refractivity contribution in [1.29, 1.82) is 0 Å². The maximum atomic E-state index is 10.6. The summed E-state index contributed by atoms with van der Waals surface area (Å²) in [7, 11) is 0. The third-order valence-corrected chi connectivity index (χ3v) is 3.85. The molecule has 5 heteroatoms. The third kappa shape index (κ3) is 2.20. The highest BCUT2D eigenvalue weighted by molar-refractivity contribution is 7.71. The fourth-order valence-electron chi connectivity index (χ4n) is 2.54. The van der Waals surface area contributed by atoms with Crippen LogP contribution in [0.3, 0.4) is 0 Å². The summed E-state index contributed by atoms with van der Waals surface area (Å²) in [5.41, 5.74) is 3.62. The molecule has 2 N–H and O–H groups in total. The Labute approximate surface area is 131 Å². The predicted octanol–water partition coefficient (Wildman–Crippen LogP) is 4.12. The van der Waals surface area contributed by atoms with Crippen molar-refractivity contribution in [2.75, 3.05) is 0 Å². The molecule has 4 nitrogen and oxygen atoms in total. The van der Waals surface area contributed by atoms with Crippen LogP contribution in [0, 0.1) is 4.84 Å². The molecule has 0 spiro atoms. The van der Waals surface area contributed by atoms with Gasteiger partial charge in [-0.1, -0.05) is 30.3 Å². The Balaban J connectivity index is 1.79. The van der Waals surface area contributed by atoms with Crippen molar-refractivity contribution in [3.05, 3.63) is 70.7 Å². The zero-order valence-electron chi connectivity index (χ0n) is 11.5. The quantitative estimate of drug-likeness (QED) is 0.547. The average Bonchev–Trinajstić information content (AvgIpc) is 2.92. The zero-order chi connectivity index (χ0) is 15.1. The number of hydrogen-bond donors (Lipinski definition) is 2. The van der Waals surface area contributed by atoms with Gasteiger partial charge in [0, 0.05) is 5.39 Å². The summed E-state index contributed by atoms with van der Waals surface area (Å²) in [4.78, 5) is 7.79. The second-order valence-electron chi connectivity index (χ2n) is 5.10. The van der Waals surface area contributed by atoms with Crippen LogP contribution in [-0.2, 0) is 0 Å². The number of oxazole rings is 1. The number of aliphatic hydroxyl groups excluding tert-OH is 1. The number of nitrogens with zero attached hydrogens (tertiary/aromatic N) is 1. The van der Waals surface area contributed by atoms with Crippen molar-refractivity contribution in [3.63, 3.8) is 0 Å². The second kappa shape index (κ2) is 5.05. The average molecular weight is 308 g/mol. The topological polar surface area (TPSA) is 62.0 Å². The molecule has 0 aliphatic heterocycles.